The lowest BCUT2D eigenvalue weighted by Crippen LogP contribution is -1.80. The predicted molar refractivity (Wildman–Crippen MR) is 79.1 cm³/mol. The van der Waals surface area contributed by atoms with Gasteiger partial charge >= 0.3 is 14.7 Å². The molecule has 1 heterocycles. The molecule has 0 atom stereocenters. The van der Waals surface area contributed by atoms with Gasteiger partial charge in [-0.2, -0.15) is 4.98 Å². The minimum Gasteiger partial charge on any atom is -0.170 e. The molecule has 0 radical (unpaired) electrons. The first-order valence-electron chi connectivity index (χ1n) is 5.21. The van der Waals surface area contributed by atoms with E-state index in [1.54, 1.807) is 32.4 Å². The Bertz CT molecular complexity index is 655. The Morgan fingerprint density at radius 2 is 1.94 bits per heavy atom. The first-order chi connectivity index (χ1) is 8.38. The number of fused-ring (bicyclic) bond motifs is 1. The summed E-state index contributed by atoms with van der Waals surface area (Å²) < 4.78 is 1.14. The third kappa shape index (κ3) is 2.08. The Hall–Kier alpha value is -0.970. The van der Waals surface area contributed by atoms with Crippen LogP contribution in [0.25, 0.3) is 21.3 Å². The first-order valence-corrected chi connectivity index (χ1v) is 8.58. The third-order valence-electron chi connectivity index (χ3n) is 2.58. The lowest BCUT2D eigenvalue weighted by molar-refractivity contribution is 1.27. The Labute approximate surface area is 112 Å². The van der Waals surface area contributed by atoms with Crippen LogP contribution in [0.5, 0.6) is 0 Å². The molecule has 0 saturated carbocycles. The fourth-order valence-electron chi connectivity index (χ4n) is 1.79. The van der Waals surface area contributed by atoms with E-state index >= 15 is 0 Å². The van der Waals surface area contributed by atoms with Gasteiger partial charge in [-0.3, -0.25) is 0 Å². The van der Waals surface area contributed by atoms with Gasteiger partial charge in [0.05, 0.1) is 0 Å². The standard InChI is InChI=1S/C13H10NS3/c1-15-13-14-12(16-17-13)11-8-4-6-9-5-2-3-7-10(9)11/h2-8H,1H3/q+1. The lowest BCUT2D eigenvalue weighted by atomic mass is 10.1. The van der Waals surface area contributed by atoms with Crippen molar-refractivity contribution in [2.45, 2.75) is 4.34 Å². The van der Waals surface area contributed by atoms with E-state index in [4.69, 9.17) is 0 Å². The van der Waals surface area contributed by atoms with Gasteiger partial charge in [-0.1, -0.05) is 42.5 Å². The van der Waals surface area contributed by atoms with Crippen molar-refractivity contribution in [2.24, 2.45) is 0 Å². The fraction of sp³-hybridized carbons (Fsp3) is 0.0769. The van der Waals surface area contributed by atoms with E-state index in [2.05, 4.69) is 53.7 Å². The summed E-state index contributed by atoms with van der Waals surface area (Å²) in [5.74, 6) is 0. The van der Waals surface area contributed by atoms with E-state index in [1.165, 1.54) is 16.3 Å². The van der Waals surface area contributed by atoms with Crippen LogP contribution in [0.1, 0.15) is 0 Å². The summed E-state index contributed by atoms with van der Waals surface area (Å²) in [6, 6.07) is 14.9. The molecule has 1 aromatic heterocycles. The Morgan fingerprint density at radius 3 is 2.76 bits per heavy atom. The fourth-order valence-corrected chi connectivity index (χ4v) is 4.90. The number of hydrogen-bond acceptors (Lipinski definition) is 3. The van der Waals surface area contributed by atoms with Crippen LogP contribution in [0.15, 0.2) is 46.8 Å². The molecular weight excluding hydrogens is 266 g/mol. The second-order valence-electron chi connectivity index (χ2n) is 3.58. The molecule has 0 N–H and O–H groups in total. The molecule has 3 aromatic rings. The van der Waals surface area contributed by atoms with Crippen molar-refractivity contribution in [3.8, 4) is 10.6 Å². The van der Waals surface area contributed by atoms with Crippen LogP contribution in [0.4, 0.5) is 0 Å². The van der Waals surface area contributed by atoms with Crippen molar-refractivity contribution in [3.63, 3.8) is 0 Å². The van der Waals surface area contributed by atoms with E-state index in [-0.39, 0.29) is 0 Å². The van der Waals surface area contributed by atoms with Gasteiger partial charge in [0.1, 0.15) is 0 Å². The number of benzene rings is 2. The van der Waals surface area contributed by atoms with Crippen molar-refractivity contribution < 1.29 is 0 Å². The monoisotopic (exact) mass is 276 g/mol. The van der Waals surface area contributed by atoms with Crippen molar-refractivity contribution in [2.75, 3.05) is 6.26 Å². The van der Waals surface area contributed by atoms with Gasteiger partial charge in [-0.15, -0.1) is 0 Å². The quantitative estimate of drug-likeness (QED) is 0.370. The van der Waals surface area contributed by atoms with Crippen molar-refractivity contribution in [3.05, 3.63) is 42.5 Å². The summed E-state index contributed by atoms with van der Waals surface area (Å²) >= 11 is 1.71. The molecule has 0 aliphatic carbocycles. The number of rotatable bonds is 2. The van der Waals surface area contributed by atoms with Gasteiger partial charge in [0.2, 0.25) is 0 Å². The smallest absolute Gasteiger partial charge is 0.170 e. The summed E-state index contributed by atoms with van der Waals surface area (Å²) in [6.07, 6.45) is 2.07. The Morgan fingerprint density at radius 1 is 1.12 bits per heavy atom. The molecule has 0 fully saturated rings. The molecule has 0 spiro atoms. The molecule has 0 aliphatic heterocycles. The molecule has 1 nitrogen and oxygen atoms in total. The molecule has 3 rings (SSSR count). The SMILES string of the molecule is CSc1nc(-c2cccc3ccccc23)s[s+]1. The molecule has 0 unspecified atom stereocenters. The van der Waals surface area contributed by atoms with Gasteiger partial charge in [-0.05, 0) is 28.8 Å². The zero-order valence-electron chi connectivity index (χ0n) is 9.21. The molecule has 4 heteroatoms. The molecular formula is C13H10NS3+. The number of thioether (sulfide) groups is 1. The third-order valence-corrected chi connectivity index (χ3v) is 6.07. The van der Waals surface area contributed by atoms with E-state index in [9.17, 15) is 0 Å². The zero-order chi connectivity index (χ0) is 11.7. The number of aromatic nitrogens is 1. The number of hydrogen-bond donors (Lipinski definition) is 0. The first kappa shape index (κ1) is 11.1. The van der Waals surface area contributed by atoms with Crippen LogP contribution >= 0.6 is 32.4 Å². The highest BCUT2D eigenvalue weighted by atomic mass is 32.9. The highest BCUT2D eigenvalue weighted by Crippen LogP contribution is 2.35. The maximum Gasteiger partial charge on any atom is 0.376 e. The van der Waals surface area contributed by atoms with Gasteiger partial charge in [0.25, 0.3) is 0 Å². The highest BCUT2D eigenvalue weighted by molar-refractivity contribution is 8.02. The van der Waals surface area contributed by atoms with Gasteiger partial charge in [0, 0.05) is 5.56 Å². The molecule has 0 aliphatic rings. The molecule has 0 saturated heterocycles. The summed E-state index contributed by atoms with van der Waals surface area (Å²) in [5, 5.41) is 3.68. The van der Waals surface area contributed by atoms with Gasteiger partial charge < -0.3 is 0 Å². The predicted octanol–water partition coefficient (Wildman–Crippen LogP) is 5.03. The van der Waals surface area contributed by atoms with E-state index in [0.29, 0.717) is 0 Å². The molecule has 0 amide bonds. The van der Waals surface area contributed by atoms with Crippen LogP contribution in [-0.2, 0) is 0 Å². The summed E-state index contributed by atoms with van der Waals surface area (Å²) in [7, 11) is 3.50. The largest absolute Gasteiger partial charge is 0.376 e. The highest BCUT2D eigenvalue weighted by Gasteiger charge is 2.17. The van der Waals surface area contributed by atoms with Crippen LogP contribution in [0.3, 0.4) is 0 Å². The van der Waals surface area contributed by atoms with Crippen LogP contribution in [0, 0.1) is 0 Å². The molecule has 17 heavy (non-hydrogen) atoms. The second kappa shape index (κ2) is 4.72. The van der Waals surface area contributed by atoms with Crippen molar-refractivity contribution in [1.29, 1.82) is 0 Å². The van der Waals surface area contributed by atoms with Crippen molar-refractivity contribution in [1.82, 2.24) is 4.98 Å². The van der Waals surface area contributed by atoms with Crippen LogP contribution in [0.2, 0.25) is 0 Å². The van der Waals surface area contributed by atoms with Crippen molar-refractivity contribution >= 4 is 43.2 Å². The summed E-state index contributed by atoms with van der Waals surface area (Å²) in [5.41, 5.74) is 1.24. The van der Waals surface area contributed by atoms with E-state index < -0.39 is 0 Å². The van der Waals surface area contributed by atoms with Crippen LogP contribution in [-0.4, -0.2) is 11.2 Å². The molecule has 0 bridgehead atoms. The average molecular weight is 276 g/mol. The maximum absolute atomic E-state index is 4.65. The van der Waals surface area contributed by atoms with Gasteiger partial charge in [0.15, 0.2) is 15.3 Å². The minimum absolute atomic E-state index is 1.12. The molecule has 84 valence electrons. The van der Waals surface area contributed by atoms with Gasteiger partial charge in [-0.25, -0.2) is 0 Å². The van der Waals surface area contributed by atoms with Crippen LogP contribution < -0.4 is 0 Å². The number of nitrogens with zero attached hydrogens (tertiary/aromatic N) is 1. The summed E-state index contributed by atoms with van der Waals surface area (Å²) in [4.78, 5) is 4.65. The average Bonchev–Trinajstić information content (AvgIpc) is 2.87. The second-order valence-corrected chi connectivity index (χ2v) is 6.74. The summed E-state index contributed by atoms with van der Waals surface area (Å²) in [6.45, 7) is 0. The minimum atomic E-state index is 1.12. The maximum atomic E-state index is 4.65. The lowest BCUT2D eigenvalue weighted by Gasteiger charge is -2.01. The normalized spacial score (nSPS) is 10.9. The topological polar surface area (TPSA) is 12.9 Å². The van der Waals surface area contributed by atoms with E-state index in [1.807, 2.05) is 0 Å². The Kier molecular flexibility index (Phi) is 3.09. The zero-order valence-corrected chi connectivity index (χ0v) is 11.7. The van der Waals surface area contributed by atoms with E-state index in [0.717, 1.165) is 9.35 Å². The Balaban J connectivity index is 2.23. The molecule has 2 aromatic carbocycles.